The molecule has 0 spiro atoms. The second-order valence-corrected chi connectivity index (χ2v) is 7.96. The van der Waals surface area contributed by atoms with Crippen molar-refractivity contribution in [1.29, 1.82) is 0 Å². The summed E-state index contributed by atoms with van der Waals surface area (Å²) in [6.45, 7) is 1.83. The Labute approximate surface area is 189 Å². The molecule has 0 saturated carbocycles. The fourth-order valence-corrected chi connectivity index (χ4v) is 4.08. The van der Waals surface area contributed by atoms with Crippen LogP contribution in [-0.4, -0.2) is 16.1 Å². The number of aryl methyl sites for hydroxylation is 1. The monoisotopic (exact) mass is 453 g/mol. The Bertz CT molecular complexity index is 1220. The van der Waals surface area contributed by atoms with E-state index in [1.165, 1.54) is 6.07 Å². The van der Waals surface area contributed by atoms with Gasteiger partial charge in [-0.1, -0.05) is 30.3 Å². The molecule has 0 radical (unpaired) electrons. The van der Waals surface area contributed by atoms with Gasteiger partial charge in [0.2, 0.25) is 0 Å². The van der Waals surface area contributed by atoms with Gasteiger partial charge in [-0.2, -0.15) is 13.2 Å². The molecule has 0 fully saturated rings. The smallest absolute Gasteiger partial charge is 0.416 e. The molecule has 4 rings (SSSR count). The van der Waals surface area contributed by atoms with E-state index in [1.54, 1.807) is 19.2 Å². The van der Waals surface area contributed by atoms with Gasteiger partial charge in [0.1, 0.15) is 12.4 Å². The van der Waals surface area contributed by atoms with E-state index in [4.69, 9.17) is 4.74 Å². The number of halogens is 3. The highest BCUT2D eigenvalue weighted by Crippen LogP contribution is 2.44. The van der Waals surface area contributed by atoms with Gasteiger partial charge in [0.15, 0.2) is 0 Å². The van der Waals surface area contributed by atoms with Gasteiger partial charge in [-0.25, -0.2) is 4.79 Å². The van der Waals surface area contributed by atoms with Crippen molar-refractivity contribution in [3.8, 4) is 5.75 Å². The zero-order chi connectivity index (χ0) is 23.6. The first-order valence-electron chi connectivity index (χ1n) is 10.5. The number of carbonyl (C=O) groups is 1. The quantitative estimate of drug-likeness (QED) is 0.447. The number of hydrogen-bond donors (Lipinski definition) is 1. The van der Waals surface area contributed by atoms with Crippen molar-refractivity contribution in [3.63, 3.8) is 0 Å². The molecular weight excluding hydrogens is 431 g/mol. The first-order valence-corrected chi connectivity index (χ1v) is 10.5. The molecule has 0 amide bonds. The number of pyridine rings is 1. The molecular formula is C26H22F3NO3. The Morgan fingerprint density at radius 1 is 1.06 bits per heavy atom. The molecule has 0 saturated heterocycles. The van der Waals surface area contributed by atoms with Crippen LogP contribution in [0.15, 0.2) is 60.8 Å². The number of carboxylic acid groups (broad SMARTS) is 1. The molecule has 2 aromatic carbocycles. The molecule has 0 unspecified atom stereocenters. The number of ether oxygens (including phenoxy) is 1. The fourth-order valence-electron chi connectivity index (χ4n) is 4.08. The minimum atomic E-state index is -4.49. The fraction of sp³-hybridized carbons (Fsp3) is 0.231. The standard InChI is InChI=1S/C26H22F3NO3/c1-16-22(25(31)32)12-18(14-30-16)20-8-5-9-21(20)23-13-19(26(27,28)29)10-11-24(23)33-15-17-6-3-2-4-7-17/h2-4,6-7,10-14H,5,8-9,15H2,1H3,(H,31,32). The van der Waals surface area contributed by atoms with Crippen LogP contribution in [0.4, 0.5) is 13.2 Å². The van der Waals surface area contributed by atoms with Gasteiger partial charge >= 0.3 is 12.1 Å². The number of allylic oxidation sites excluding steroid dienone is 2. The van der Waals surface area contributed by atoms with E-state index in [1.807, 2.05) is 30.3 Å². The number of aromatic nitrogens is 1. The second kappa shape index (κ2) is 9.10. The lowest BCUT2D eigenvalue weighted by atomic mass is 9.95. The van der Waals surface area contributed by atoms with Gasteiger partial charge in [0.05, 0.1) is 16.8 Å². The largest absolute Gasteiger partial charge is 0.488 e. The topological polar surface area (TPSA) is 59.4 Å². The zero-order valence-electron chi connectivity index (χ0n) is 17.9. The lowest BCUT2D eigenvalue weighted by Gasteiger charge is -2.17. The summed E-state index contributed by atoms with van der Waals surface area (Å²) in [5.41, 5.74) is 3.13. The van der Waals surface area contributed by atoms with Crippen molar-refractivity contribution < 1.29 is 27.8 Å². The van der Waals surface area contributed by atoms with E-state index in [2.05, 4.69) is 4.98 Å². The predicted molar refractivity (Wildman–Crippen MR) is 119 cm³/mol. The predicted octanol–water partition coefficient (Wildman–Crippen LogP) is 6.78. The molecule has 4 nitrogen and oxygen atoms in total. The third kappa shape index (κ3) is 4.92. The maximum absolute atomic E-state index is 13.5. The number of benzene rings is 2. The van der Waals surface area contributed by atoms with Crippen LogP contribution in [0.5, 0.6) is 5.75 Å². The summed E-state index contributed by atoms with van der Waals surface area (Å²) >= 11 is 0. The van der Waals surface area contributed by atoms with Gasteiger partial charge < -0.3 is 9.84 Å². The molecule has 1 aromatic heterocycles. The van der Waals surface area contributed by atoms with Crippen LogP contribution in [0.3, 0.4) is 0 Å². The molecule has 1 N–H and O–H groups in total. The first-order chi connectivity index (χ1) is 15.7. The molecule has 170 valence electrons. The van der Waals surface area contributed by atoms with E-state index in [0.717, 1.165) is 35.3 Å². The van der Waals surface area contributed by atoms with E-state index in [0.29, 0.717) is 35.4 Å². The maximum Gasteiger partial charge on any atom is 0.416 e. The molecule has 0 bridgehead atoms. The lowest BCUT2D eigenvalue weighted by molar-refractivity contribution is -0.137. The number of hydrogen-bond acceptors (Lipinski definition) is 3. The molecule has 0 aliphatic heterocycles. The van der Waals surface area contributed by atoms with Crippen LogP contribution in [0, 0.1) is 6.92 Å². The number of rotatable bonds is 6. The Kier molecular flexibility index (Phi) is 6.22. The van der Waals surface area contributed by atoms with Gasteiger partial charge in [0, 0.05) is 11.8 Å². The summed E-state index contributed by atoms with van der Waals surface area (Å²) in [5, 5.41) is 9.46. The van der Waals surface area contributed by atoms with Gasteiger partial charge in [-0.3, -0.25) is 4.98 Å². The van der Waals surface area contributed by atoms with E-state index < -0.39 is 17.7 Å². The average Bonchev–Trinajstić information content (AvgIpc) is 3.27. The van der Waals surface area contributed by atoms with E-state index in [-0.39, 0.29) is 12.2 Å². The van der Waals surface area contributed by atoms with Crippen LogP contribution in [0.2, 0.25) is 0 Å². The molecule has 33 heavy (non-hydrogen) atoms. The van der Waals surface area contributed by atoms with Crippen LogP contribution < -0.4 is 4.74 Å². The third-order valence-electron chi connectivity index (χ3n) is 5.75. The third-order valence-corrected chi connectivity index (χ3v) is 5.75. The molecule has 1 aliphatic rings. The summed E-state index contributed by atoms with van der Waals surface area (Å²) in [5.74, 6) is -0.729. The maximum atomic E-state index is 13.5. The zero-order valence-corrected chi connectivity index (χ0v) is 17.9. The summed E-state index contributed by atoms with van der Waals surface area (Å²) in [6.07, 6.45) is -0.980. The molecule has 1 aliphatic carbocycles. The highest BCUT2D eigenvalue weighted by atomic mass is 19.4. The van der Waals surface area contributed by atoms with Gasteiger partial charge in [0.25, 0.3) is 0 Å². The Balaban J connectivity index is 1.80. The van der Waals surface area contributed by atoms with Crippen molar-refractivity contribution in [2.45, 2.75) is 39.0 Å². The summed E-state index contributed by atoms with van der Waals surface area (Å²) in [4.78, 5) is 15.8. The van der Waals surface area contributed by atoms with Crippen LogP contribution in [0.25, 0.3) is 11.1 Å². The number of alkyl halides is 3. The van der Waals surface area contributed by atoms with Crippen molar-refractivity contribution in [3.05, 3.63) is 94.3 Å². The summed E-state index contributed by atoms with van der Waals surface area (Å²) in [6, 6.07) is 14.4. The molecule has 1 heterocycles. The normalized spacial score (nSPS) is 13.9. The second-order valence-electron chi connectivity index (χ2n) is 7.96. The van der Waals surface area contributed by atoms with E-state index in [9.17, 15) is 23.1 Å². The minimum absolute atomic E-state index is 0.0795. The Morgan fingerprint density at radius 2 is 1.79 bits per heavy atom. The molecule has 3 aromatic rings. The van der Waals surface area contributed by atoms with Crippen LogP contribution in [0.1, 0.15) is 57.6 Å². The summed E-state index contributed by atoms with van der Waals surface area (Å²) < 4.78 is 46.5. The van der Waals surface area contributed by atoms with Crippen LogP contribution in [-0.2, 0) is 12.8 Å². The lowest BCUT2D eigenvalue weighted by Crippen LogP contribution is -2.07. The van der Waals surface area contributed by atoms with Crippen molar-refractivity contribution in [2.75, 3.05) is 0 Å². The Hall–Kier alpha value is -3.61. The van der Waals surface area contributed by atoms with Crippen molar-refractivity contribution in [2.24, 2.45) is 0 Å². The van der Waals surface area contributed by atoms with E-state index >= 15 is 0 Å². The number of carboxylic acids is 1. The SMILES string of the molecule is Cc1ncc(C2=C(c3cc(C(F)(F)F)ccc3OCc3ccccc3)CCC2)cc1C(=O)O. The minimum Gasteiger partial charge on any atom is -0.488 e. The van der Waals surface area contributed by atoms with Gasteiger partial charge in [-0.15, -0.1) is 0 Å². The number of nitrogens with zero attached hydrogens (tertiary/aromatic N) is 1. The van der Waals surface area contributed by atoms with Gasteiger partial charge in [-0.05, 0) is 72.7 Å². The van der Waals surface area contributed by atoms with Crippen molar-refractivity contribution in [1.82, 2.24) is 4.98 Å². The summed E-state index contributed by atoms with van der Waals surface area (Å²) in [7, 11) is 0. The highest BCUT2D eigenvalue weighted by Gasteiger charge is 2.32. The van der Waals surface area contributed by atoms with Crippen molar-refractivity contribution >= 4 is 17.1 Å². The first kappa shape index (κ1) is 22.6. The molecule has 7 heteroatoms. The van der Waals surface area contributed by atoms with Crippen LogP contribution >= 0.6 is 0 Å². The average molecular weight is 453 g/mol. The highest BCUT2D eigenvalue weighted by molar-refractivity contribution is 5.96. The molecule has 0 atom stereocenters. The number of aromatic carboxylic acids is 1. The Morgan fingerprint density at radius 3 is 2.48 bits per heavy atom.